The summed E-state index contributed by atoms with van der Waals surface area (Å²) < 4.78 is 52.0. The predicted octanol–water partition coefficient (Wildman–Crippen LogP) is 3.02. The van der Waals surface area contributed by atoms with E-state index >= 15 is 0 Å². The third kappa shape index (κ3) is 10.5. The van der Waals surface area contributed by atoms with E-state index in [0.29, 0.717) is 31.3 Å². The van der Waals surface area contributed by atoms with Crippen LogP contribution in [0.2, 0.25) is 0 Å². The largest absolute Gasteiger partial charge is 0.411 e. The maximum Gasteiger partial charge on any atom is 0.411 e. The summed E-state index contributed by atoms with van der Waals surface area (Å²) in [6, 6.07) is 7.20. The first-order valence-electron chi connectivity index (χ1n) is 9.90. The van der Waals surface area contributed by atoms with Gasteiger partial charge in [-0.25, -0.2) is 4.99 Å². The molecule has 1 saturated heterocycles. The summed E-state index contributed by atoms with van der Waals surface area (Å²) in [5, 5.41) is 6.46. The number of halogens is 3. The first-order chi connectivity index (χ1) is 14.0. The van der Waals surface area contributed by atoms with Crippen LogP contribution in [0, 0.1) is 0 Å². The van der Waals surface area contributed by atoms with E-state index in [-0.39, 0.29) is 12.7 Å². The summed E-state index contributed by atoms with van der Waals surface area (Å²) >= 11 is 0. The monoisotopic (exact) mass is 417 g/mol. The molecule has 1 aliphatic rings. The number of aliphatic imine (C=N–C) groups is 1. The molecule has 29 heavy (non-hydrogen) atoms. The third-order valence-electron chi connectivity index (χ3n) is 4.18. The first-order valence-corrected chi connectivity index (χ1v) is 9.90. The molecule has 1 fully saturated rings. The van der Waals surface area contributed by atoms with Gasteiger partial charge in [-0.2, -0.15) is 13.2 Å². The van der Waals surface area contributed by atoms with Gasteiger partial charge in [0.25, 0.3) is 0 Å². The number of rotatable bonds is 11. The number of hydrogen-bond acceptors (Lipinski definition) is 4. The molecular weight excluding hydrogens is 387 g/mol. The lowest BCUT2D eigenvalue weighted by Gasteiger charge is -2.13. The van der Waals surface area contributed by atoms with Gasteiger partial charge in [-0.05, 0) is 30.9 Å². The van der Waals surface area contributed by atoms with E-state index in [0.717, 1.165) is 38.1 Å². The van der Waals surface area contributed by atoms with Gasteiger partial charge in [-0.3, -0.25) is 0 Å². The van der Waals surface area contributed by atoms with Crippen molar-refractivity contribution < 1.29 is 27.4 Å². The molecule has 0 saturated carbocycles. The average molecular weight is 417 g/mol. The second kappa shape index (κ2) is 12.7. The van der Waals surface area contributed by atoms with Crippen LogP contribution in [0.15, 0.2) is 29.3 Å². The summed E-state index contributed by atoms with van der Waals surface area (Å²) in [6.45, 7) is 4.79. The van der Waals surface area contributed by atoms with Crippen molar-refractivity contribution in [2.45, 2.75) is 45.2 Å². The highest BCUT2D eigenvalue weighted by molar-refractivity contribution is 5.79. The number of ether oxygens (including phenoxy) is 3. The molecule has 2 N–H and O–H groups in total. The number of benzene rings is 1. The van der Waals surface area contributed by atoms with Gasteiger partial charge in [-0.1, -0.05) is 24.3 Å². The predicted molar refractivity (Wildman–Crippen MR) is 105 cm³/mol. The van der Waals surface area contributed by atoms with Crippen LogP contribution in [-0.2, 0) is 27.4 Å². The Labute approximate surface area is 169 Å². The SMILES string of the molecule is CCNC(=NCc1ccc(COCC(F)(F)F)cc1)NCCCOC1CCOC1. The molecule has 1 aliphatic heterocycles. The van der Waals surface area contributed by atoms with Crippen molar-refractivity contribution in [1.29, 1.82) is 0 Å². The summed E-state index contributed by atoms with van der Waals surface area (Å²) in [6.07, 6.45) is -2.25. The minimum Gasteiger partial charge on any atom is -0.379 e. The Morgan fingerprint density at radius 1 is 1.21 bits per heavy atom. The maximum absolute atomic E-state index is 12.1. The highest BCUT2D eigenvalue weighted by Gasteiger charge is 2.27. The van der Waals surface area contributed by atoms with Crippen LogP contribution >= 0.6 is 0 Å². The molecule has 1 aromatic carbocycles. The van der Waals surface area contributed by atoms with Crippen molar-refractivity contribution in [2.75, 3.05) is 39.5 Å². The Kier molecular flexibility index (Phi) is 10.2. The Hall–Kier alpha value is -1.84. The Morgan fingerprint density at radius 3 is 2.62 bits per heavy atom. The molecule has 9 heteroatoms. The molecule has 6 nitrogen and oxygen atoms in total. The number of hydrogen-bond donors (Lipinski definition) is 2. The second-order valence-corrected chi connectivity index (χ2v) is 6.76. The molecule has 2 rings (SSSR count). The quantitative estimate of drug-likeness (QED) is 0.329. The molecule has 0 bridgehead atoms. The van der Waals surface area contributed by atoms with E-state index in [1.165, 1.54) is 0 Å². The van der Waals surface area contributed by atoms with Gasteiger partial charge in [0.2, 0.25) is 0 Å². The van der Waals surface area contributed by atoms with Crippen LogP contribution in [0.1, 0.15) is 30.9 Å². The number of alkyl halides is 3. The smallest absolute Gasteiger partial charge is 0.379 e. The van der Waals surface area contributed by atoms with Crippen molar-refractivity contribution in [3.05, 3.63) is 35.4 Å². The molecule has 1 aromatic rings. The van der Waals surface area contributed by atoms with Crippen LogP contribution in [0.4, 0.5) is 13.2 Å². The zero-order valence-electron chi connectivity index (χ0n) is 16.8. The highest BCUT2D eigenvalue weighted by atomic mass is 19.4. The van der Waals surface area contributed by atoms with Gasteiger partial charge in [0, 0.05) is 26.3 Å². The fraction of sp³-hybridized carbons (Fsp3) is 0.650. The number of guanidine groups is 1. The lowest BCUT2D eigenvalue weighted by molar-refractivity contribution is -0.176. The molecule has 0 spiro atoms. The van der Waals surface area contributed by atoms with Gasteiger partial charge < -0.3 is 24.8 Å². The molecule has 0 radical (unpaired) electrons. The number of nitrogens with zero attached hydrogens (tertiary/aromatic N) is 1. The van der Waals surface area contributed by atoms with Crippen molar-refractivity contribution in [2.24, 2.45) is 4.99 Å². The normalized spacial score (nSPS) is 17.5. The summed E-state index contributed by atoms with van der Waals surface area (Å²) in [4.78, 5) is 4.54. The standard InChI is InChI=1S/C20H30F3N3O3/c1-2-24-19(25-9-3-10-29-18-8-11-27-14-18)26-12-16-4-6-17(7-5-16)13-28-15-20(21,22)23/h4-7,18H,2-3,8-15H2,1H3,(H2,24,25,26). The van der Waals surface area contributed by atoms with E-state index in [1.54, 1.807) is 12.1 Å². The summed E-state index contributed by atoms with van der Waals surface area (Å²) in [5.41, 5.74) is 1.66. The van der Waals surface area contributed by atoms with Gasteiger partial charge >= 0.3 is 6.18 Å². The average Bonchev–Trinajstić information content (AvgIpc) is 3.19. The van der Waals surface area contributed by atoms with Crippen molar-refractivity contribution in [3.63, 3.8) is 0 Å². The lowest BCUT2D eigenvalue weighted by Crippen LogP contribution is -2.38. The van der Waals surface area contributed by atoms with Crippen molar-refractivity contribution in [3.8, 4) is 0 Å². The molecular formula is C20H30F3N3O3. The van der Waals surface area contributed by atoms with Gasteiger partial charge in [0.1, 0.15) is 6.61 Å². The molecule has 0 aliphatic carbocycles. The van der Waals surface area contributed by atoms with Gasteiger partial charge in [0.05, 0.1) is 25.9 Å². The number of nitrogens with one attached hydrogen (secondary N) is 2. The van der Waals surface area contributed by atoms with Crippen LogP contribution in [-0.4, -0.2) is 57.8 Å². The van der Waals surface area contributed by atoms with E-state index in [4.69, 9.17) is 9.47 Å². The zero-order valence-corrected chi connectivity index (χ0v) is 16.8. The molecule has 1 atom stereocenters. The zero-order chi connectivity index (χ0) is 21.0. The van der Waals surface area contributed by atoms with Crippen molar-refractivity contribution >= 4 is 5.96 Å². The van der Waals surface area contributed by atoms with Crippen LogP contribution in [0.25, 0.3) is 0 Å². The highest BCUT2D eigenvalue weighted by Crippen LogP contribution is 2.16. The topological polar surface area (TPSA) is 64.1 Å². The molecule has 0 amide bonds. The van der Waals surface area contributed by atoms with Crippen LogP contribution in [0.3, 0.4) is 0 Å². The molecule has 1 heterocycles. The third-order valence-corrected chi connectivity index (χ3v) is 4.18. The Balaban J connectivity index is 1.69. The van der Waals surface area contributed by atoms with E-state index in [9.17, 15) is 13.2 Å². The summed E-state index contributed by atoms with van der Waals surface area (Å²) in [7, 11) is 0. The van der Waals surface area contributed by atoms with E-state index in [1.807, 2.05) is 19.1 Å². The minimum absolute atomic E-state index is 0.0672. The molecule has 164 valence electrons. The van der Waals surface area contributed by atoms with Crippen LogP contribution in [0.5, 0.6) is 0 Å². The van der Waals surface area contributed by atoms with Crippen molar-refractivity contribution in [1.82, 2.24) is 10.6 Å². The summed E-state index contributed by atoms with van der Waals surface area (Å²) in [5.74, 6) is 0.717. The fourth-order valence-corrected chi connectivity index (χ4v) is 2.71. The second-order valence-electron chi connectivity index (χ2n) is 6.76. The maximum atomic E-state index is 12.1. The van der Waals surface area contributed by atoms with E-state index < -0.39 is 12.8 Å². The molecule has 1 unspecified atom stereocenters. The fourth-order valence-electron chi connectivity index (χ4n) is 2.71. The van der Waals surface area contributed by atoms with Gasteiger partial charge in [-0.15, -0.1) is 0 Å². The lowest BCUT2D eigenvalue weighted by atomic mass is 10.1. The Bertz CT molecular complexity index is 603. The minimum atomic E-state index is -4.30. The first kappa shape index (κ1) is 23.4. The van der Waals surface area contributed by atoms with Gasteiger partial charge in [0.15, 0.2) is 5.96 Å². The molecule has 0 aromatic heterocycles. The Morgan fingerprint density at radius 2 is 1.97 bits per heavy atom. The van der Waals surface area contributed by atoms with Crippen LogP contribution < -0.4 is 10.6 Å². The van der Waals surface area contributed by atoms with E-state index in [2.05, 4.69) is 20.4 Å².